The maximum atomic E-state index is 13.4. The van der Waals surface area contributed by atoms with E-state index in [0.29, 0.717) is 24.7 Å². The Hall–Kier alpha value is -3.21. The molecule has 148 valence electrons. The predicted molar refractivity (Wildman–Crippen MR) is 117 cm³/mol. The van der Waals surface area contributed by atoms with E-state index in [9.17, 15) is 4.79 Å². The number of nitrogens with zero attached hydrogens (tertiary/aromatic N) is 4. The summed E-state index contributed by atoms with van der Waals surface area (Å²) in [6.07, 6.45) is 1.97. The molecule has 0 atom stereocenters. The Morgan fingerprint density at radius 1 is 1.07 bits per heavy atom. The molecule has 0 fully saturated rings. The minimum Gasteiger partial charge on any atom is -0.311 e. The van der Waals surface area contributed by atoms with Crippen LogP contribution >= 0.6 is 0 Å². The Labute approximate surface area is 172 Å². The van der Waals surface area contributed by atoms with Crippen LogP contribution in [0.4, 0.5) is 17.3 Å². The molecule has 2 aromatic carbocycles. The molecule has 1 aromatic heterocycles. The maximum absolute atomic E-state index is 13.4. The van der Waals surface area contributed by atoms with Crippen molar-refractivity contribution in [1.29, 1.82) is 0 Å². The Balaban J connectivity index is 1.71. The molecule has 0 radical (unpaired) electrons. The van der Waals surface area contributed by atoms with Crippen LogP contribution in [-0.2, 0) is 6.42 Å². The monoisotopic (exact) mass is 386 g/mol. The largest absolute Gasteiger partial charge is 0.311 e. The highest BCUT2D eigenvalue weighted by atomic mass is 16.2. The first-order valence-corrected chi connectivity index (χ1v) is 10.2. The van der Waals surface area contributed by atoms with E-state index < -0.39 is 0 Å². The molecule has 1 amide bonds. The third kappa shape index (κ3) is 3.86. The van der Waals surface area contributed by atoms with E-state index >= 15 is 0 Å². The number of para-hydroxylation sites is 1. The predicted octanol–water partition coefficient (Wildman–Crippen LogP) is 4.84. The fourth-order valence-electron chi connectivity index (χ4n) is 3.90. The van der Waals surface area contributed by atoms with Gasteiger partial charge in [0.1, 0.15) is 5.69 Å². The Morgan fingerprint density at radius 2 is 1.90 bits per heavy atom. The lowest BCUT2D eigenvalue weighted by Gasteiger charge is -2.29. The number of benzene rings is 2. The van der Waals surface area contributed by atoms with Crippen LogP contribution in [0.1, 0.15) is 40.7 Å². The highest BCUT2D eigenvalue weighted by Gasteiger charge is 2.25. The molecule has 1 aliphatic rings. The number of rotatable bonds is 4. The summed E-state index contributed by atoms with van der Waals surface area (Å²) in [7, 11) is 0. The summed E-state index contributed by atoms with van der Waals surface area (Å²) >= 11 is 0. The van der Waals surface area contributed by atoms with E-state index in [2.05, 4.69) is 42.0 Å². The van der Waals surface area contributed by atoms with E-state index in [4.69, 9.17) is 0 Å². The third-order valence-electron chi connectivity index (χ3n) is 5.29. The van der Waals surface area contributed by atoms with Crippen molar-refractivity contribution in [2.45, 2.75) is 33.6 Å². The SMILES string of the molecule is CCN(c1cccc(C)c1)c1nc(C)cc(C(=O)N2CCCc3ccccc32)n1. The van der Waals surface area contributed by atoms with Gasteiger partial charge >= 0.3 is 0 Å². The number of carbonyl (C=O) groups excluding carboxylic acids is 1. The summed E-state index contributed by atoms with van der Waals surface area (Å²) in [6, 6.07) is 18.2. The number of fused-ring (bicyclic) bond motifs is 1. The van der Waals surface area contributed by atoms with Crippen molar-refractivity contribution in [3.05, 3.63) is 77.1 Å². The van der Waals surface area contributed by atoms with E-state index in [-0.39, 0.29) is 5.91 Å². The van der Waals surface area contributed by atoms with Crippen LogP contribution in [0.2, 0.25) is 0 Å². The fraction of sp³-hybridized carbons (Fsp3) is 0.292. The van der Waals surface area contributed by atoms with Crippen molar-refractivity contribution in [3.8, 4) is 0 Å². The molecule has 5 heteroatoms. The normalized spacial score (nSPS) is 13.1. The number of aryl methyl sites for hydroxylation is 3. The van der Waals surface area contributed by atoms with Crippen molar-refractivity contribution in [2.75, 3.05) is 22.9 Å². The summed E-state index contributed by atoms with van der Waals surface area (Å²) in [4.78, 5) is 26.6. The molecule has 5 nitrogen and oxygen atoms in total. The first-order chi connectivity index (χ1) is 14.1. The maximum Gasteiger partial charge on any atom is 0.277 e. The molecular formula is C24H26N4O. The van der Waals surface area contributed by atoms with Gasteiger partial charge in [-0.3, -0.25) is 4.79 Å². The molecule has 29 heavy (non-hydrogen) atoms. The van der Waals surface area contributed by atoms with Gasteiger partial charge in [-0.15, -0.1) is 0 Å². The molecular weight excluding hydrogens is 360 g/mol. The summed E-state index contributed by atoms with van der Waals surface area (Å²) in [5.74, 6) is 0.496. The van der Waals surface area contributed by atoms with E-state index in [1.165, 1.54) is 11.1 Å². The van der Waals surface area contributed by atoms with E-state index in [1.807, 2.05) is 47.1 Å². The number of amides is 1. The highest BCUT2D eigenvalue weighted by molar-refractivity contribution is 6.05. The molecule has 4 rings (SSSR count). The lowest BCUT2D eigenvalue weighted by molar-refractivity contribution is 0.0980. The van der Waals surface area contributed by atoms with Crippen molar-refractivity contribution in [3.63, 3.8) is 0 Å². The molecule has 3 aromatic rings. The number of anilines is 3. The lowest BCUT2D eigenvalue weighted by atomic mass is 10.0. The van der Waals surface area contributed by atoms with Crippen molar-refractivity contribution < 1.29 is 4.79 Å². The van der Waals surface area contributed by atoms with Gasteiger partial charge in [-0.1, -0.05) is 30.3 Å². The van der Waals surface area contributed by atoms with Gasteiger partial charge in [-0.25, -0.2) is 9.97 Å². The molecule has 0 N–H and O–H groups in total. The second kappa shape index (κ2) is 8.03. The van der Waals surface area contributed by atoms with Crippen molar-refractivity contribution >= 4 is 23.2 Å². The quantitative estimate of drug-likeness (QED) is 0.643. The van der Waals surface area contributed by atoms with Crippen LogP contribution in [0, 0.1) is 13.8 Å². The second-order valence-electron chi connectivity index (χ2n) is 7.47. The van der Waals surface area contributed by atoms with Crippen molar-refractivity contribution in [2.24, 2.45) is 0 Å². The molecule has 0 aliphatic carbocycles. The fourth-order valence-corrected chi connectivity index (χ4v) is 3.90. The minimum atomic E-state index is -0.0656. The molecule has 0 saturated carbocycles. The second-order valence-corrected chi connectivity index (χ2v) is 7.47. The summed E-state index contributed by atoms with van der Waals surface area (Å²) in [6.45, 7) is 7.47. The first kappa shape index (κ1) is 19.1. The van der Waals surface area contributed by atoms with Gasteiger partial charge in [0.05, 0.1) is 0 Å². The van der Waals surface area contributed by atoms with Crippen LogP contribution in [0.3, 0.4) is 0 Å². The molecule has 0 saturated heterocycles. The molecule has 1 aliphatic heterocycles. The lowest BCUT2D eigenvalue weighted by Crippen LogP contribution is -2.36. The van der Waals surface area contributed by atoms with Crippen LogP contribution in [-0.4, -0.2) is 29.0 Å². The standard InChI is InChI=1S/C24H26N4O/c1-4-27(20-12-7-9-17(2)15-20)24-25-18(3)16-21(26-24)23(29)28-14-8-11-19-10-5-6-13-22(19)28/h5-7,9-10,12-13,15-16H,4,8,11,14H2,1-3H3. The van der Waals surface area contributed by atoms with Crippen molar-refractivity contribution in [1.82, 2.24) is 9.97 Å². The van der Waals surface area contributed by atoms with E-state index in [1.54, 1.807) is 6.07 Å². The molecule has 2 heterocycles. The van der Waals surface area contributed by atoms with Crippen LogP contribution in [0.5, 0.6) is 0 Å². The number of aromatic nitrogens is 2. The smallest absolute Gasteiger partial charge is 0.277 e. The zero-order valence-corrected chi connectivity index (χ0v) is 17.2. The van der Waals surface area contributed by atoms with Crippen LogP contribution in [0.25, 0.3) is 0 Å². The first-order valence-electron chi connectivity index (χ1n) is 10.2. The Kier molecular flexibility index (Phi) is 5.30. The number of carbonyl (C=O) groups is 1. The van der Waals surface area contributed by atoms with Gasteiger partial charge in [0.2, 0.25) is 5.95 Å². The summed E-state index contributed by atoms with van der Waals surface area (Å²) < 4.78 is 0. The number of hydrogen-bond donors (Lipinski definition) is 0. The van der Waals surface area contributed by atoms with Gasteiger partial charge in [-0.2, -0.15) is 0 Å². The summed E-state index contributed by atoms with van der Waals surface area (Å²) in [5.41, 5.74) is 5.64. The van der Waals surface area contributed by atoms with Gasteiger partial charge in [0.25, 0.3) is 5.91 Å². The Bertz CT molecular complexity index is 1050. The van der Waals surface area contributed by atoms with Gasteiger partial charge in [0.15, 0.2) is 0 Å². The van der Waals surface area contributed by atoms with E-state index in [0.717, 1.165) is 29.9 Å². The molecule has 0 bridgehead atoms. The topological polar surface area (TPSA) is 49.3 Å². The summed E-state index contributed by atoms with van der Waals surface area (Å²) in [5, 5.41) is 0. The van der Waals surface area contributed by atoms with Crippen LogP contribution in [0.15, 0.2) is 54.6 Å². The van der Waals surface area contributed by atoms with Gasteiger partial charge in [-0.05, 0) is 69.0 Å². The number of hydrogen-bond acceptors (Lipinski definition) is 4. The van der Waals surface area contributed by atoms with Gasteiger partial charge < -0.3 is 9.80 Å². The van der Waals surface area contributed by atoms with Crippen LogP contribution < -0.4 is 9.80 Å². The zero-order chi connectivity index (χ0) is 20.4. The molecule has 0 spiro atoms. The average Bonchev–Trinajstić information content (AvgIpc) is 2.73. The zero-order valence-electron chi connectivity index (χ0n) is 17.2. The van der Waals surface area contributed by atoms with Gasteiger partial charge in [0, 0.05) is 30.2 Å². The molecule has 0 unspecified atom stereocenters. The minimum absolute atomic E-state index is 0.0656. The highest BCUT2D eigenvalue weighted by Crippen LogP contribution is 2.29. The Morgan fingerprint density at radius 3 is 2.69 bits per heavy atom. The average molecular weight is 386 g/mol. The third-order valence-corrected chi connectivity index (χ3v) is 5.29.